The topological polar surface area (TPSA) is 85.2 Å². The van der Waals surface area contributed by atoms with Crippen molar-refractivity contribution in [3.8, 4) is 11.5 Å². The molecule has 2 N–H and O–H groups in total. The zero-order valence-electron chi connectivity index (χ0n) is 20.1. The van der Waals surface area contributed by atoms with Gasteiger partial charge >= 0.3 is 0 Å². The number of benzene rings is 3. The van der Waals surface area contributed by atoms with E-state index in [9.17, 15) is 9.59 Å². The van der Waals surface area contributed by atoms with Crippen LogP contribution in [-0.4, -0.2) is 28.1 Å². The van der Waals surface area contributed by atoms with Crippen LogP contribution in [0.4, 0.5) is 5.82 Å². The summed E-state index contributed by atoms with van der Waals surface area (Å²) in [7, 11) is 0. The maximum atomic E-state index is 13.8. The van der Waals surface area contributed by atoms with E-state index in [0.717, 1.165) is 40.3 Å². The molecular weight excluding hydrogens is 484 g/mol. The third kappa shape index (κ3) is 4.72. The second-order valence-corrected chi connectivity index (χ2v) is 10.1. The monoisotopic (exact) mass is 510 g/mol. The number of amides is 2. The van der Waals surface area contributed by atoms with Gasteiger partial charge in [0.25, 0.3) is 0 Å². The second-order valence-electron chi connectivity index (χ2n) is 9.11. The van der Waals surface area contributed by atoms with Crippen molar-refractivity contribution in [1.82, 2.24) is 15.1 Å². The minimum atomic E-state index is -0.533. The smallest absolute Gasteiger partial charge is 0.241 e. The molecule has 0 radical (unpaired) electrons. The molecule has 37 heavy (non-hydrogen) atoms. The molecule has 1 aromatic heterocycles. The molecule has 3 aromatic carbocycles. The molecular formula is C29H26N4O3S. The predicted octanol–water partition coefficient (Wildman–Crippen LogP) is 4.87. The SMILES string of the molecule is O=C(Cn1nc2c(c1NC(=O)C1c3ccccc3Oc3ccccc31)CSC2)NCCc1ccccc1. The van der Waals surface area contributed by atoms with E-state index in [1.54, 1.807) is 16.4 Å². The van der Waals surface area contributed by atoms with E-state index in [2.05, 4.69) is 15.7 Å². The zero-order chi connectivity index (χ0) is 25.2. The molecule has 0 saturated heterocycles. The van der Waals surface area contributed by atoms with Crippen LogP contribution in [0, 0.1) is 0 Å². The highest BCUT2D eigenvalue weighted by Crippen LogP contribution is 2.44. The highest BCUT2D eigenvalue weighted by Gasteiger charge is 2.34. The van der Waals surface area contributed by atoms with E-state index in [4.69, 9.17) is 4.74 Å². The Kier molecular flexibility index (Phi) is 6.40. The van der Waals surface area contributed by atoms with Crippen LogP contribution in [0.3, 0.4) is 0 Å². The van der Waals surface area contributed by atoms with Gasteiger partial charge in [-0.1, -0.05) is 66.7 Å². The van der Waals surface area contributed by atoms with Crippen LogP contribution < -0.4 is 15.4 Å². The maximum absolute atomic E-state index is 13.8. The number of aromatic nitrogens is 2. The first-order valence-corrected chi connectivity index (χ1v) is 13.5. The van der Waals surface area contributed by atoms with Gasteiger partial charge in [0, 0.05) is 34.7 Å². The van der Waals surface area contributed by atoms with Crippen molar-refractivity contribution < 1.29 is 14.3 Å². The number of carbonyl (C=O) groups is 2. The second kappa shape index (κ2) is 10.1. The molecule has 0 aliphatic carbocycles. The minimum Gasteiger partial charge on any atom is -0.457 e. The lowest BCUT2D eigenvalue weighted by Crippen LogP contribution is -2.31. The number of ether oxygens (including phenoxy) is 1. The van der Waals surface area contributed by atoms with Crippen LogP contribution in [0.15, 0.2) is 78.9 Å². The molecule has 0 bridgehead atoms. The standard InChI is InChI=1S/C29H26N4O3S/c34-26(30-15-14-19-8-2-1-3-9-19)16-33-28(22-17-37-18-23(22)32-33)31-29(35)27-20-10-4-6-12-24(20)36-25-13-7-5-11-21(25)27/h1-13,27H,14-18H2,(H,30,34)(H,31,35). The molecule has 4 aromatic rings. The predicted molar refractivity (Wildman–Crippen MR) is 144 cm³/mol. The Bertz CT molecular complexity index is 1420. The number of nitrogens with zero attached hydrogens (tertiary/aromatic N) is 2. The number of carbonyl (C=O) groups excluding carboxylic acids is 2. The summed E-state index contributed by atoms with van der Waals surface area (Å²) in [5.41, 5.74) is 4.71. The Hall–Kier alpha value is -4.04. The summed E-state index contributed by atoms with van der Waals surface area (Å²) in [5.74, 6) is 2.63. The van der Waals surface area contributed by atoms with Gasteiger partial charge in [-0.15, -0.1) is 0 Å². The lowest BCUT2D eigenvalue weighted by Gasteiger charge is -2.27. The van der Waals surface area contributed by atoms with Crippen LogP contribution in [0.2, 0.25) is 0 Å². The number of fused-ring (bicyclic) bond motifs is 3. The van der Waals surface area contributed by atoms with Crippen molar-refractivity contribution in [3.63, 3.8) is 0 Å². The molecule has 2 aliphatic rings. The Morgan fingerprint density at radius 1 is 0.919 bits per heavy atom. The Morgan fingerprint density at radius 3 is 2.32 bits per heavy atom. The van der Waals surface area contributed by atoms with Crippen molar-refractivity contribution in [2.75, 3.05) is 11.9 Å². The molecule has 3 heterocycles. The third-order valence-electron chi connectivity index (χ3n) is 6.67. The van der Waals surface area contributed by atoms with Gasteiger partial charge in [-0.05, 0) is 24.1 Å². The van der Waals surface area contributed by atoms with Crippen molar-refractivity contribution in [3.05, 3.63) is 107 Å². The number of hydrogen-bond acceptors (Lipinski definition) is 5. The largest absolute Gasteiger partial charge is 0.457 e. The molecule has 2 aliphatic heterocycles. The fourth-order valence-corrected chi connectivity index (χ4v) is 5.92. The normalized spacial score (nSPS) is 13.7. The summed E-state index contributed by atoms with van der Waals surface area (Å²) in [6, 6.07) is 25.3. The summed E-state index contributed by atoms with van der Waals surface area (Å²) in [6.45, 7) is 0.583. The van der Waals surface area contributed by atoms with E-state index in [0.29, 0.717) is 23.9 Å². The van der Waals surface area contributed by atoms with Crippen molar-refractivity contribution in [1.29, 1.82) is 0 Å². The van der Waals surface area contributed by atoms with Gasteiger partial charge in [0.05, 0.1) is 11.6 Å². The van der Waals surface area contributed by atoms with Gasteiger partial charge in [0.1, 0.15) is 23.9 Å². The fourth-order valence-electron chi connectivity index (χ4n) is 4.88. The van der Waals surface area contributed by atoms with Gasteiger partial charge in [-0.25, -0.2) is 4.68 Å². The van der Waals surface area contributed by atoms with E-state index in [1.165, 1.54) is 5.56 Å². The highest BCUT2D eigenvalue weighted by molar-refractivity contribution is 7.98. The molecule has 0 atom stereocenters. The molecule has 0 fully saturated rings. The first-order valence-electron chi connectivity index (χ1n) is 12.3. The van der Waals surface area contributed by atoms with Gasteiger partial charge in [-0.2, -0.15) is 16.9 Å². The lowest BCUT2D eigenvalue weighted by atomic mass is 9.87. The number of rotatable bonds is 7. The molecule has 8 heteroatoms. The first kappa shape index (κ1) is 23.4. The molecule has 0 unspecified atom stereocenters. The van der Waals surface area contributed by atoms with Crippen molar-refractivity contribution in [2.24, 2.45) is 0 Å². The summed E-state index contributed by atoms with van der Waals surface area (Å²) < 4.78 is 7.70. The highest BCUT2D eigenvalue weighted by atomic mass is 32.2. The average molecular weight is 511 g/mol. The summed E-state index contributed by atoms with van der Waals surface area (Å²) in [4.78, 5) is 26.6. The summed E-state index contributed by atoms with van der Waals surface area (Å²) in [6.07, 6.45) is 0.755. The number of anilines is 1. The molecule has 0 spiro atoms. The van der Waals surface area contributed by atoms with Gasteiger partial charge in [0.2, 0.25) is 11.8 Å². The Labute approximate surface area is 219 Å². The van der Waals surface area contributed by atoms with E-state index < -0.39 is 5.92 Å². The van der Waals surface area contributed by atoms with Gasteiger partial charge < -0.3 is 15.4 Å². The fraction of sp³-hybridized carbons (Fsp3) is 0.207. The molecule has 186 valence electrons. The summed E-state index contributed by atoms with van der Waals surface area (Å²) >= 11 is 1.75. The zero-order valence-corrected chi connectivity index (χ0v) is 21.0. The average Bonchev–Trinajstić information content (AvgIpc) is 3.50. The number of hydrogen-bond donors (Lipinski definition) is 2. The Balaban J connectivity index is 1.22. The molecule has 7 nitrogen and oxygen atoms in total. The number of thioether (sulfide) groups is 1. The van der Waals surface area contributed by atoms with Gasteiger partial charge in [0.15, 0.2) is 0 Å². The number of para-hydroxylation sites is 2. The van der Waals surface area contributed by atoms with Crippen molar-refractivity contribution in [2.45, 2.75) is 30.4 Å². The van der Waals surface area contributed by atoms with E-state index >= 15 is 0 Å². The van der Waals surface area contributed by atoms with E-state index in [1.807, 2.05) is 78.9 Å². The van der Waals surface area contributed by atoms with Crippen LogP contribution in [0.1, 0.15) is 33.9 Å². The van der Waals surface area contributed by atoms with Crippen LogP contribution >= 0.6 is 11.8 Å². The van der Waals surface area contributed by atoms with Crippen molar-refractivity contribution >= 4 is 29.4 Å². The summed E-state index contributed by atoms with van der Waals surface area (Å²) in [5, 5.41) is 10.8. The molecule has 2 amide bonds. The quantitative estimate of drug-likeness (QED) is 0.371. The van der Waals surface area contributed by atoms with E-state index in [-0.39, 0.29) is 18.4 Å². The van der Waals surface area contributed by atoms with Crippen LogP contribution in [0.5, 0.6) is 11.5 Å². The maximum Gasteiger partial charge on any atom is 0.241 e. The number of nitrogens with one attached hydrogen (secondary N) is 2. The van der Waals surface area contributed by atoms with Gasteiger partial charge in [-0.3, -0.25) is 9.59 Å². The Morgan fingerprint density at radius 2 is 1.59 bits per heavy atom. The third-order valence-corrected chi connectivity index (χ3v) is 7.65. The lowest BCUT2D eigenvalue weighted by molar-refractivity contribution is -0.122. The van der Waals surface area contributed by atoms with Crippen LogP contribution in [-0.2, 0) is 34.1 Å². The molecule has 6 rings (SSSR count). The first-order chi connectivity index (χ1) is 18.2. The molecule has 0 saturated carbocycles. The minimum absolute atomic E-state index is 0.0447. The van der Waals surface area contributed by atoms with Crippen LogP contribution in [0.25, 0.3) is 0 Å².